The average Bonchev–Trinajstić information content (AvgIpc) is 2.84. The van der Waals surface area contributed by atoms with Crippen LogP contribution in [-0.2, 0) is 0 Å². The summed E-state index contributed by atoms with van der Waals surface area (Å²) in [5.74, 6) is 0. The number of fused-ring (bicyclic) bond motifs is 3. The molecule has 3 aromatic carbocycles. The van der Waals surface area contributed by atoms with Crippen LogP contribution in [0.25, 0.3) is 33.1 Å². The van der Waals surface area contributed by atoms with Gasteiger partial charge in [0.15, 0.2) is 0 Å². The van der Waals surface area contributed by atoms with Gasteiger partial charge in [0, 0.05) is 22.5 Å². The Morgan fingerprint density at radius 3 is 2.35 bits per heavy atom. The zero-order chi connectivity index (χ0) is 13.5. The highest BCUT2D eigenvalue weighted by Gasteiger charge is 2.08. The lowest BCUT2D eigenvalue weighted by atomic mass is 10.0. The van der Waals surface area contributed by atoms with E-state index in [4.69, 9.17) is 10.2 Å². The van der Waals surface area contributed by atoms with Crippen LogP contribution in [0.3, 0.4) is 0 Å². The molecule has 0 fully saturated rings. The molecule has 2 heteroatoms. The molecular formula is C18H13NO. The quantitative estimate of drug-likeness (QED) is 0.497. The minimum absolute atomic E-state index is 0.722. The van der Waals surface area contributed by atoms with Crippen LogP contribution < -0.4 is 5.73 Å². The number of hydrogen-bond acceptors (Lipinski definition) is 2. The first-order chi connectivity index (χ1) is 9.81. The maximum Gasteiger partial charge on any atom is 0.137 e. The Kier molecular flexibility index (Phi) is 2.30. The fourth-order valence-corrected chi connectivity index (χ4v) is 2.60. The molecule has 4 aromatic rings. The largest absolute Gasteiger partial charge is 0.456 e. The Labute approximate surface area is 116 Å². The summed E-state index contributed by atoms with van der Waals surface area (Å²) < 4.78 is 5.84. The van der Waals surface area contributed by atoms with Gasteiger partial charge in [-0.3, -0.25) is 0 Å². The van der Waals surface area contributed by atoms with Crippen LogP contribution in [0, 0.1) is 0 Å². The second-order valence-electron chi connectivity index (χ2n) is 4.93. The fraction of sp³-hybridized carbons (Fsp3) is 0. The van der Waals surface area contributed by atoms with Gasteiger partial charge < -0.3 is 10.2 Å². The van der Waals surface area contributed by atoms with E-state index in [0.717, 1.165) is 27.6 Å². The van der Waals surface area contributed by atoms with E-state index >= 15 is 0 Å². The van der Waals surface area contributed by atoms with Gasteiger partial charge in [0.2, 0.25) is 0 Å². The Morgan fingerprint density at radius 2 is 1.50 bits per heavy atom. The molecule has 0 saturated carbocycles. The molecule has 0 unspecified atom stereocenters. The molecule has 0 amide bonds. The number of hydrogen-bond donors (Lipinski definition) is 1. The molecule has 96 valence electrons. The summed E-state index contributed by atoms with van der Waals surface area (Å²) in [6, 6.07) is 22.4. The summed E-state index contributed by atoms with van der Waals surface area (Å²) in [5.41, 5.74) is 10.7. The predicted molar refractivity (Wildman–Crippen MR) is 83.6 cm³/mol. The zero-order valence-electron chi connectivity index (χ0n) is 10.8. The minimum Gasteiger partial charge on any atom is -0.456 e. The molecule has 2 N–H and O–H groups in total. The van der Waals surface area contributed by atoms with Crippen molar-refractivity contribution in [1.82, 2.24) is 0 Å². The van der Waals surface area contributed by atoms with E-state index in [1.807, 2.05) is 42.5 Å². The summed E-state index contributed by atoms with van der Waals surface area (Å²) in [6.07, 6.45) is 0. The van der Waals surface area contributed by atoms with E-state index in [1.54, 1.807) is 0 Å². The van der Waals surface area contributed by atoms with Crippen molar-refractivity contribution in [2.75, 3.05) is 5.73 Å². The van der Waals surface area contributed by atoms with E-state index in [0.29, 0.717) is 0 Å². The number of nitrogens with two attached hydrogens (primary N) is 1. The summed E-state index contributed by atoms with van der Waals surface area (Å²) >= 11 is 0. The van der Waals surface area contributed by atoms with Crippen molar-refractivity contribution < 1.29 is 4.42 Å². The van der Waals surface area contributed by atoms with Crippen LogP contribution in [0.15, 0.2) is 71.1 Å². The van der Waals surface area contributed by atoms with Crippen molar-refractivity contribution in [3.63, 3.8) is 0 Å². The van der Waals surface area contributed by atoms with E-state index in [2.05, 4.69) is 24.3 Å². The van der Waals surface area contributed by atoms with Crippen molar-refractivity contribution in [2.24, 2.45) is 0 Å². The van der Waals surface area contributed by atoms with Crippen LogP contribution in [0.4, 0.5) is 5.69 Å². The Morgan fingerprint density at radius 1 is 0.650 bits per heavy atom. The molecule has 4 rings (SSSR count). The first-order valence-electron chi connectivity index (χ1n) is 6.58. The van der Waals surface area contributed by atoms with E-state index in [9.17, 15) is 0 Å². The summed E-state index contributed by atoms with van der Waals surface area (Å²) in [5, 5.41) is 2.23. The topological polar surface area (TPSA) is 39.2 Å². The normalized spacial score (nSPS) is 11.2. The van der Waals surface area contributed by atoms with Crippen molar-refractivity contribution in [1.29, 1.82) is 0 Å². The van der Waals surface area contributed by atoms with Gasteiger partial charge in [-0.25, -0.2) is 0 Å². The SMILES string of the molecule is Nc1ccc2c(c1)oc1ccc(-c3ccccc3)cc12. The second kappa shape index (κ2) is 4.14. The molecule has 20 heavy (non-hydrogen) atoms. The third kappa shape index (κ3) is 1.66. The molecule has 0 aliphatic rings. The number of benzene rings is 3. The molecule has 2 nitrogen and oxygen atoms in total. The van der Waals surface area contributed by atoms with Crippen molar-refractivity contribution in [3.8, 4) is 11.1 Å². The number of furan rings is 1. The number of anilines is 1. The highest BCUT2D eigenvalue weighted by atomic mass is 16.3. The monoisotopic (exact) mass is 259 g/mol. The molecule has 0 atom stereocenters. The molecule has 0 saturated heterocycles. The molecular weight excluding hydrogens is 246 g/mol. The summed E-state index contributed by atoms with van der Waals surface area (Å²) in [7, 11) is 0. The Balaban J connectivity index is 2.01. The molecule has 0 aliphatic heterocycles. The maximum atomic E-state index is 5.84. The zero-order valence-corrected chi connectivity index (χ0v) is 10.8. The lowest BCUT2D eigenvalue weighted by molar-refractivity contribution is 0.669. The fourth-order valence-electron chi connectivity index (χ4n) is 2.60. The van der Waals surface area contributed by atoms with Crippen LogP contribution >= 0.6 is 0 Å². The lowest BCUT2D eigenvalue weighted by Crippen LogP contribution is -1.81. The highest BCUT2D eigenvalue weighted by molar-refractivity contribution is 6.06. The third-order valence-corrected chi connectivity index (χ3v) is 3.60. The molecule has 1 heterocycles. The molecule has 0 aliphatic carbocycles. The van der Waals surface area contributed by atoms with Gasteiger partial charge in [0.1, 0.15) is 11.2 Å². The van der Waals surface area contributed by atoms with Gasteiger partial charge in [-0.15, -0.1) is 0 Å². The van der Waals surface area contributed by atoms with Crippen molar-refractivity contribution in [3.05, 3.63) is 66.7 Å². The van der Waals surface area contributed by atoms with E-state index in [1.165, 1.54) is 11.1 Å². The molecule has 0 radical (unpaired) electrons. The molecule has 0 bridgehead atoms. The second-order valence-corrected chi connectivity index (χ2v) is 4.93. The number of rotatable bonds is 1. The smallest absolute Gasteiger partial charge is 0.137 e. The first-order valence-corrected chi connectivity index (χ1v) is 6.58. The Hall–Kier alpha value is -2.74. The van der Waals surface area contributed by atoms with Gasteiger partial charge in [0.25, 0.3) is 0 Å². The van der Waals surface area contributed by atoms with E-state index in [-0.39, 0.29) is 0 Å². The minimum atomic E-state index is 0.722. The number of nitrogen functional groups attached to an aromatic ring is 1. The van der Waals surface area contributed by atoms with Gasteiger partial charge >= 0.3 is 0 Å². The van der Waals surface area contributed by atoms with Crippen molar-refractivity contribution in [2.45, 2.75) is 0 Å². The van der Waals surface area contributed by atoms with Crippen LogP contribution in [0.1, 0.15) is 0 Å². The van der Waals surface area contributed by atoms with Gasteiger partial charge in [-0.05, 0) is 35.4 Å². The molecule has 0 spiro atoms. The van der Waals surface area contributed by atoms with Crippen LogP contribution in [0.5, 0.6) is 0 Å². The van der Waals surface area contributed by atoms with Crippen LogP contribution in [0.2, 0.25) is 0 Å². The van der Waals surface area contributed by atoms with Crippen molar-refractivity contribution >= 4 is 27.6 Å². The first kappa shape index (κ1) is 11.1. The van der Waals surface area contributed by atoms with Gasteiger partial charge in [-0.1, -0.05) is 36.4 Å². The predicted octanol–water partition coefficient (Wildman–Crippen LogP) is 4.84. The highest BCUT2D eigenvalue weighted by Crippen LogP contribution is 2.33. The van der Waals surface area contributed by atoms with Crippen LogP contribution in [-0.4, -0.2) is 0 Å². The average molecular weight is 259 g/mol. The lowest BCUT2D eigenvalue weighted by Gasteiger charge is -2.01. The maximum absolute atomic E-state index is 5.84. The van der Waals surface area contributed by atoms with E-state index < -0.39 is 0 Å². The van der Waals surface area contributed by atoms with Gasteiger partial charge in [0.05, 0.1) is 0 Å². The van der Waals surface area contributed by atoms with Gasteiger partial charge in [-0.2, -0.15) is 0 Å². The standard InChI is InChI=1S/C18H13NO/c19-14-7-8-15-16-10-13(12-4-2-1-3-5-12)6-9-17(16)20-18(15)11-14/h1-11H,19H2. The third-order valence-electron chi connectivity index (χ3n) is 3.60. The molecule has 1 aromatic heterocycles. The summed E-state index contributed by atoms with van der Waals surface area (Å²) in [6.45, 7) is 0. The summed E-state index contributed by atoms with van der Waals surface area (Å²) in [4.78, 5) is 0. The Bertz CT molecular complexity index is 907.